The Morgan fingerprint density at radius 1 is 1.53 bits per heavy atom. The summed E-state index contributed by atoms with van der Waals surface area (Å²) in [6, 6.07) is 4.00. The van der Waals surface area contributed by atoms with Gasteiger partial charge in [0.15, 0.2) is 0 Å². The van der Waals surface area contributed by atoms with Crippen molar-refractivity contribution >= 4 is 15.9 Å². The van der Waals surface area contributed by atoms with Gasteiger partial charge < -0.3 is 9.52 Å². The van der Waals surface area contributed by atoms with Gasteiger partial charge in [0.1, 0.15) is 11.9 Å². The number of nitrogens with zero attached hydrogens (tertiary/aromatic N) is 1. The molecular weight excluding hydrogens is 258 g/mol. The van der Waals surface area contributed by atoms with Crippen LogP contribution in [0.15, 0.2) is 21.2 Å². The molecule has 3 nitrogen and oxygen atoms in total. The third-order valence-corrected chi connectivity index (χ3v) is 3.79. The minimum absolute atomic E-state index is 0.471. The van der Waals surface area contributed by atoms with Crippen LogP contribution in [0.3, 0.4) is 0 Å². The van der Waals surface area contributed by atoms with E-state index in [4.69, 9.17) is 4.42 Å². The van der Waals surface area contributed by atoms with Crippen molar-refractivity contribution in [3.05, 3.63) is 22.6 Å². The molecule has 1 fully saturated rings. The number of nitriles is 1. The van der Waals surface area contributed by atoms with E-state index in [1.54, 1.807) is 6.07 Å². The molecule has 1 heterocycles. The Labute approximate surface area is 96.8 Å². The van der Waals surface area contributed by atoms with Crippen LogP contribution < -0.4 is 0 Å². The fraction of sp³-hybridized carbons (Fsp3) is 0.545. The van der Waals surface area contributed by atoms with Crippen LogP contribution in [0.2, 0.25) is 0 Å². The number of aliphatic hydroxyl groups is 1. The molecule has 1 aromatic rings. The molecule has 0 aromatic carbocycles. The van der Waals surface area contributed by atoms with Gasteiger partial charge in [-0.3, -0.25) is 0 Å². The lowest BCUT2D eigenvalue weighted by atomic mass is 9.81. The average Bonchev–Trinajstić information content (AvgIpc) is 2.86. The zero-order valence-corrected chi connectivity index (χ0v) is 9.83. The van der Waals surface area contributed by atoms with Crippen LogP contribution in [-0.2, 0) is 0 Å². The van der Waals surface area contributed by atoms with Gasteiger partial charge in [0.2, 0.25) is 0 Å². The predicted octanol–water partition coefficient (Wildman–Crippen LogP) is 3.16. The molecule has 0 spiro atoms. The summed E-state index contributed by atoms with van der Waals surface area (Å²) in [6.07, 6.45) is 4.19. The van der Waals surface area contributed by atoms with Crippen LogP contribution in [-0.4, -0.2) is 5.11 Å². The van der Waals surface area contributed by atoms with Crippen molar-refractivity contribution in [2.45, 2.75) is 31.8 Å². The summed E-state index contributed by atoms with van der Waals surface area (Å²) < 4.78 is 5.95. The summed E-state index contributed by atoms with van der Waals surface area (Å²) in [4.78, 5) is 0. The summed E-state index contributed by atoms with van der Waals surface area (Å²) in [5.41, 5.74) is -0.652. The van der Waals surface area contributed by atoms with Gasteiger partial charge in [-0.1, -0.05) is 12.8 Å². The summed E-state index contributed by atoms with van der Waals surface area (Å²) in [5, 5.41) is 19.4. The van der Waals surface area contributed by atoms with E-state index in [9.17, 15) is 10.4 Å². The Hall–Kier alpha value is -0.790. The molecule has 0 amide bonds. The van der Waals surface area contributed by atoms with E-state index in [1.165, 1.54) is 6.26 Å². The second kappa shape index (κ2) is 3.99. The van der Waals surface area contributed by atoms with Crippen LogP contribution in [0.4, 0.5) is 0 Å². The lowest BCUT2D eigenvalue weighted by molar-refractivity contribution is 0.0469. The molecule has 0 bridgehead atoms. The van der Waals surface area contributed by atoms with Crippen molar-refractivity contribution in [2.75, 3.05) is 0 Å². The van der Waals surface area contributed by atoms with Gasteiger partial charge in [0.05, 0.1) is 22.2 Å². The summed E-state index contributed by atoms with van der Waals surface area (Å²) in [6.45, 7) is 0. The van der Waals surface area contributed by atoms with Crippen molar-refractivity contribution in [3.63, 3.8) is 0 Å². The van der Waals surface area contributed by atoms with Gasteiger partial charge in [-0.25, -0.2) is 0 Å². The first-order chi connectivity index (χ1) is 7.19. The highest BCUT2D eigenvalue weighted by atomic mass is 79.9. The average molecular weight is 270 g/mol. The first-order valence-corrected chi connectivity index (χ1v) is 5.81. The normalized spacial score (nSPS) is 21.1. The summed E-state index contributed by atoms with van der Waals surface area (Å²) in [5.74, 6) is 0.471. The third-order valence-electron chi connectivity index (χ3n) is 3.13. The number of hydrogen-bond donors (Lipinski definition) is 1. The lowest BCUT2D eigenvalue weighted by Crippen LogP contribution is -2.23. The van der Waals surface area contributed by atoms with Crippen LogP contribution in [0, 0.1) is 16.7 Å². The molecule has 1 aromatic heterocycles. The van der Waals surface area contributed by atoms with Crippen molar-refractivity contribution in [2.24, 2.45) is 5.41 Å². The van der Waals surface area contributed by atoms with Crippen molar-refractivity contribution in [1.82, 2.24) is 0 Å². The van der Waals surface area contributed by atoms with Crippen molar-refractivity contribution < 1.29 is 9.52 Å². The molecule has 15 heavy (non-hydrogen) atoms. The molecular formula is C11H12BrNO2. The first kappa shape index (κ1) is 10.7. The third kappa shape index (κ3) is 1.70. The maximum absolute atomic E-state index is 10.2. The molecule has 1 unspecified atom stereocenters. The van der Waals surface area contributed by atoms with Gasteiger partial charge in [0, 0.05) is 0 Å². The van der Waals surface area contributed by atoms with E-state index in [-0.39, 0.29) is 0 Å². The van der Waals surface area contributed by atoms with Gasteiger partial charge in [-0.15, -0.1) is 0 Å². The maximum atomic E-state index is 10.2. The number of aliphatic hydroxyl groups excluding tert-OH is 1. The lowest BCUT2D eigenvalue weighted by Gasteiger charge is -2.25. The van der Waals surface area contributed by atoms with Crippen LogP contribution in [0.25, 0.3) is 0 Å². The Kier molecular flexibility index (Phi) is 2.85. The topological polar surface area (TPSA) is 57.2 Å². The zero-order valence-electron chi connectivity index (χ0n) is 8.24. The Morgan fingerprint density at radius 3 is 2.67 bits per heavy atom. The van der Waals surface area contributed by atoms with Gasteiger partial charge in [0.25, 0.3) is 0 Å². The van der Waals surface area contributed by atoms with Gasteiger partial charge in [-0.05, 0) is 34.8 Å². The molecule has 1 N–H and O–H groups in total. The Bertz CT molecular complexity index is 388. The van der Waals surface area contributed by atoms with E-state index < -0.39 is 11.5 Å². The Balaban J connectivity index is 2.31. The maximum Gasteiger partial charge on any atom is 0.148 e. The number of hydrogen-bond acceptors (Lipinski definition) is 3. The number of rotatable bonds is 2. The van der Waals surface area contributed by atoms with E-state index in [0.717, 1.165) is 30.2 Å². The molecule has 0 aliphatic heterocycles. The van der Waals surface area contributed by atoms with E-state index in [0.29, 0.717) is 5.76 Å². The fourth-order valence-electron chi connectivity index (χ4n) is 2.20. The summed E-state index contributed by atoms with van der Waals surface area (Å²) >= 11 is 3.30. The molecule has 80 valence electrons. The SMILES string of the molecule is N#CC1(C(O)c2occc2Br)CCCC1. The molecule has 1 aliphatic carbocycles. The highest BCUT2D eigenvalue weighted by Gasteiger charge is 2.43. The minimum atomic E-state index is -0.825. The molecule has 2 rings (SSSR count). The highest BCUT2D eigenvalue weighted by Crippen LogP contribution is 2.48. The van der Waals surface area contributed by atoms with E-state index in [2.05, 4.69) is 22.0 Å². The molecule has 1 aliphatic rings. The zero-order chi connectivity index (χ0) is 10.9. The van der Waals surface area contributed by atoms with E-state index in [1.807, 2.05) is 0 Å². The molecule has 1 saturated carbocycles. The predicted molar refractivity (Wildman–Crippen MR) is 57.9 cm³/mol. The number of halogens is 1. The summed E-state index contributed by atoms with van der Waals surface area (Å²) in [7, 11) is 0. The monoisotopic (exact) mass is 269 g/mol. The molecule has 0 radical (unpaired) electrons. The standard InChI is InChI=1S/C11H12BrNO2/c12-8-3-6-15-9(8)10(14)11(7-13)4-1-2-5-11/h3,6,10,14H,1-2,4-5H2. The first-order valence-electron chi connectivity index (χ1n) is 5.02. The van der Waals surface area contributed by atoms with Crippen LogP contribution in [0.1, 0.15) is 37.5 Å². The second-order valence-corrected chi connectivity index (χ2v) is 4.86. The fourth-order valence-corrected chi connectivity index (χ4v) is 2.62. The smallest absolute Gasteiger partial charge is 0.148 e. The van der Waals surface area contributed by atoms with E-state index >= 15 is 0 Å². The molecule has 4 heteroatoms. The molecule has 1 atom stereocenters. The Morgan fingerprint density at radius 2 is 2.20 bits per heavy atom. The van der Waals surface area contributed by atoms with Crippen LogP contribution in [0.5, 0.6) is 0 Å². The van der Waals surface area contributed by atoms with Crippen molar-refractivity contribution in [1.29, 1.82) is 5.26 Å². The van der Waals surface area contributed by atoms with Crippen molar-refractivity contribution in [3.8, 4) is 6.07 Å². The molecule has 0 saturated heterocycles. The largest absolute Gasteiger partial charge is 0.465 e. The van der Waals surface area contributed by atoms with Gasteiger partial charge >= 0.3 is 0 Å². The van der Waals surface area contributed by atoms with Gasteiger partial charge in [-0.2, -0.15) is 5.26 Å². The van der Waals surface area contributed by atoms with Crippen LogP contribution >= 0.6 is 15.9 Å². The minimum Gasteiger partial charge on any atom is -0.465 e. The quantitative estimate of drug-likeness (QED) is 0.897. The highest BCUT2D eigenvalue weighted by molar-refractivity contribution is 9.10. The number of furan rings is 1. The second-order valence-electron chi connectivity index (χ2n) is 4.01.